The Morgan fingerprint density at radius 3 is 3.12 bits per heavy atom. The number of rotatable bonds is 2. The minimum atomic E-state index is -0.552. The van der Waals surface area contributed by atoms with Crippen molar-refractivity contribution in [2.24, 2.45) is 0 Å². The maximum atomic E-state index is 13.0. The Morgan fingerprint density at radius 2 is 2.44 bits per heavy atom. The van der Waals surface area contributed by atoms with Gasteiger partial charge < -0.3 is 14.7 Å². The first-order chi connectivity index (χ1) is 7.70. The van der Waals surface area contributed by atoms with Gasteiger partial charge in [-0.2, -0.15) is 4.39 Å². The van der Waals surface area contributed by atoms with Gasteiger partial charge in [0, 0.05) is 12.6 Å². The van der Waals surface area contributed by atoms with E-state index in [0.29, 0.717) is 19.0 Å². The summed E-state index contributed by atoms with van der Waals surface area (Å²) in [5.74, 6) is -0.0222. The molecule has 1 aliphatic rings. The van der Waals surface area contributed by atoms with Crippen molar-refractivity contribution in [2.75, 3.05) is 24.7 Å². The maximum absolute atomic E-state index is 13.0. The Labute approximate surface area is 92.9 Å². The molecular formula is C10H14FN3O2. The molecule has 1 saturated heterocycles. The van der Waals surface area contributed by atoms with Crippen LogP contribution >= 0.6 is 0 Å². The Kier molecular flexibility index (Phi) is 3.31. The van der Waals surface area contributed by atoms with Crippen LogP contribution in [0.15, 0.2) is 12.4 Å². The third-order valence-electron chi connectivity index (χ3n) is 2.62. The number of morpholine rings is 1. The molecule has 2 rings (SSSR count). The minimum Gasteiger partial charge on any atom is -0.394 e. The van der Waals surface area contributed by atoms with E-state index in [9.17, 15) is 4.39 Å². The number of aliphatic hydroxyl groups is 1. The van der Waals surface area contributed by atoms with Gasteiger partial charge in [0.2, 0.25) is 5.95 Å². The lowest BCUT2D eigenvalue weighted by Crippen LogP contribution is -2.50. The molecule has 88 valence electrons. The van der Waals surface area contributed by atoms with Crippen LogP contribution in [0.2, 0.25) is 0 Å². The number of aromatic nitrogens is 2. The molecule has 0 saturated carbocycles. The van der Waals surface area contributed by atoms with Gasteiger partial charge in [0.25, 0.3) is 0 Å². The number of halogens is 1. The molecule has 0 radical (unpaired) electrons. The van der Waals surface area contributed by atoms with E-state index < -0.39 is 5.95 Å². The van der Waals surface area contributed by atoms with E-state index in [2.05, 4.69) is 9.97 Å². The van der Waals surface area contributed by atoms with E-state index in [1.807, 2.05) is 11.8 Å². The first-order valence-electron chi connectivity index (χ1n) is 5.17. The topological polar surface area (TPSA) is 58.5 Å². The molecule has 1 aromatic heterocycles. The van der Waals surface area contributed by atoms with Crippen molar-refractivity contribution in [1.29, 1.82) is 0 Å². The average Bonchev–Trinajstić information content (AvgIpc) is 2.30. The van der Waals surface area contributed by atoms with Gasteiger partial charge in [0.1, 0.15) is 12.1 Å². The van der Waals surface area contributed by atoms with Crippen molar-refractivity contribution in [3.8, 4) is 0 Å². The van der Waals surface area contributed by atoms with E-state index in [4.69, 9.17) is 9.84 Å². The summed E-state index contributed by atoms with van der Waals surface area (Å²) < 4.78 is 18.4. The Bertz CT molecular complexity index is 364. The van der Waals surface area contributed by atoms with Crippen LogP contribution in [0.5, 0.6) is 0 Å². The minimum absolute atomic E-state index is 0.0449. The fourth-order valence-corrected chi connectivity index (χ4v) is 1.73. The predicted molar refractivity (Wildman–Crippen MR) is 55.6 cm³/mol. The van der Waals surface area contributed by atoms with Gasteiger partial charge >= 0.3 is 0 Å². The molecule has 1 aliphatic heterocycles. The lowest BCUT2D eigenvalue weighted by atomic mass is 10.2. The number of hydrogen-bond acceptors (Lipinski definition) is 5. The smallest absolute Gasteiger partial charge is 0.218 e. The molecule has 2 heterocycles. The van der Waals surface area contributed by atoms with Gasteiger partial charge in [0.05, 0.1) is 25.4 Å². The summed E-state index contributed by atoms with van der Waals surface area (Å²) in [6.07, 6.45) is 0.954. The number of nitrogens with zero attached hydrogens (tertiary/aromatic N) is 3. The Morgan fingerprint density at radius 1 is 1.62 bits per heavy atom. The number of hydrogen-bond donors (Lipinski definition) is 1. The largest absolute Gasteiger partial charge is 0.394 e. The zero-order chi connectivity index (χ0) is 11.5. The van der Waals surface area contributed by atoms with Gasteiger partial charge in [-0.15, -0.1) is 0 Å². The van der Waals surface area contributed by atoms with Crippen LogP contribution in [0.25, 0.3) is 0 Å². The van der Waals surface area contributed by atoms with Gasteiger partial charge in [0.15, 0.2) is 0 Å². The molecule has 5 nitrogen and oxygen atoms in total. The van der Waals surface area contributed by atoms with Gasteiger partial charge in [-0.1, -0.05) is 0 Å². The molecule has 0 aliphatic carbocycles. The summed E-state index contributed by atoms with van der Waals surface area (Å²) in [5.41, 5.74) is 0. The summed E-state index contributed by atoms with van der Waals surface area (Å²) in [6.45, 7) is 2.93. The standard InChI is InChI=1S/C10H14FN3O2/c1-7-5-16-8(4-15)3-14(7)10-2-9(11)12-6-13-10/h2,6-8,15H,3-5H2,1H3. The van der Waals surface area contributed by atoms with Crippen molar-refractivity contribution in [3.63, 3.8) is 0 Å². The van der Waals surface area contributed by atoms with Crippen molar-refractivity contribution >= 4 is 5.82 Å². The number of anilines is 1. The first kappa shape index (κ1) is 11.2. The van der Waals surface area contributed by atoms with Crippen molar-refractivity contribution in [2.45, 2.75) is 19.1 Å². The van der Waals surface area contributed by atoms with E-state index in [1.165, 1.54) is 12.4 Å². The average molecular weight is 227 g/mol. The SMILES string of the molecule is CC1COC(CO)CN1c1cc(F)ncn1. The second-order valence-corrected chi connectivity index (χ2v) is 3.84. The molecule has 0 aromatic carbocycles. The molecule has 6 heteroatoms. The highest BCUT2D eigenvalue weighted by atomic mass is 19.1. The van der Waals surface area contributed by atoms with E-state index in [0.717, 1.165) is 0 Å². The highest BCUT2D eigenvalue weighted by Gasteiger charge is 2.26. The highest BCUT2D eigenvalue weighted by molar-refractivity contribution is 5.39. The van der Waals surface area contributed by atoms with Crippen molar-refractivity contribution in [1.82, 2.24) is 9.97 Å². The maximum Gasteiger partial charge on any atom is 0.218 e. The number of ether oxygens (including phenoxy) is 1. The summed E-state index contributed by atoms with van der Waals surface area (Å²) in [6, 6.07) is 1.40. The van der Waals surface area contributed by atoms with Crippen LogP contribution in [0.4, 0.5) is 10.2 Å². The lowest BCUT2D eigenvalue weighted by molar-refractivity contribution is -0.0106. The predicted octanol–water partition coefficient (Wildman–Crippen LogP) is 0.202. The first-order valence-corrected chi connectivity index (χ1v) is 5.17. The van der Waals surface area contributed by atoms with E-state index >= 15 is 0 Å². The van der Waals surface area contributed by atoms with Crippen LogP contribution in [-0.2, 0) is 4.74 Å². The summed E-state index contributed by atoms with van der Waals surface area (Å²) in [5, 5.41) is 9.04. The molecule has 0 bridgehead atoms. The third kappa shape index (κ3) is 2.28. The van der Waals surface area contributed by atoms with Crippen LogP contribution in [0.3, 0.4) is 0 Å². The van der Waals surface area contributed by atoms with Gasteiger partial charge in [-0.3, -0.25) is 0 Å². The normalized spacial score (nSPS) is 25.8. The Hall–Kier alpha value is -1.27. The highest BCUT2D eigenvalue weighted by Crippen LogP contribution is 2.19. The zero-order valence-corrected chi connectivity index (χ0v) is 9.01. The summed E-state index contributed by atoms with van der Waals surface area (Å²) in [7, 11) is 0. The van der Waals surface area contributed by atoms with Crippen molar-refractivity contribution < 1.29 is 14.2 Å². The quantitative estimate of drug-likeness (QED) is 0.731. The molecule has 0 amide bonds. The van der Waals surface area contributed by atoms with Gasteiger partial charge in [-0.25, -0.2) is 9.97 Å². The fourth-order valence-electron chi connectivity index (χ4n) is 1.73. The van der Waals surface area contributed by atoms with Gasteiger partial charge in [-0.05, 0) is 6.92 Å². The molecular weight excluding hydrogens is 213 g/mol. The zero-order valence-electron chi connectivity index (χ0n) is 9.01. The molecule has 2 unspecified atom stereocenters. The third-order valence-corrected chi connectivity index (χ3v) is 2.62. The van der Waals surface area contributed by atoms with Crippen LogP contribution in [0, 0.1) is 5.95 Å². The van der Waals surface area contributed by atoms with Crippen LogP contribution in [-0.4, -0.2) is 47.0 Å². The number of aliphatic hydroxyl groups excluding tert-OH is 1. The molecule has 0 spiro atoms. The van der Waals surface area contributed by atoms with E-state index in [-0.39, 0.29) is 18.8 Å². The monoisotopic (exact) mass is 227 g/mol. The molecule has 1 aromatic rings. The van der Waals surface area contributed by atoms with Crippen LogP contribution < -0.4 is 4.90 Å². The lowest BCUT2D eigenvalue weighted by Gasteiger charge is -2.38. The molecule has 2 atom stereocenters. The fraction of sp³-hybridized carbons (Fsp3) is 0.600. The second kappa shape index (κ2) is 4.71. The van der Waals surface area contributed by atoms with Crippen molar-refractivity contribution in [3.05, 3.63) is 18.3 Å². The summed E-state index contributed by atoms with van der Waals surface area (Å²) in [4.78, 5) is 9.35. The molecule has 16 heavy (non-hydrogen) atoms. The summed E-state index contributed by atoms with van der Waals surface area (Å²) >= 11 is 0. The van der Waals surface area contributed by atoms with Crippen LogP contribution in [0.1, 0.15) is 6.92 Å². The molecule has 1 N–H and O–H groups in total. The second-order valence-electron chi connectivity index (χ2n) is 3.84. The Balaban J connectivity index is 2.17. The van der Waals surface area contributed by atoms with E-state index in [1.54, 1.807) is 0 Å². The molecule has 1 fully saturated rings.